The van der Waals surface area contributed by atoms with Crippen molar-refractivity contribution in [2.75, 3.05) is 20.3 Å². The van der Waals surface area contributed by atoms with Crippen molar-refractivity contribution in [2.24, 2.45) is 0 Å². The number of methoxy groups -OCH3 is 1. The predicted octanol–water partition coefficient (Wildman–Crippen LogP) is 1.50. The molecule has 0 aromatic rings. The molecule has 6 heteroatoms. The monoisotopic (exact) mass is 315 g/mol. The second kappa shape index (κ2) is 7.42. The Labute approximate surface area is 132 Å². The zero-order valence-electron chi connectivity index (χ0n) is 14.3. The minimum atomic E-state index is -0.418. The lowest BCUT2D eigenvalue weighted by molar-refractivity contribution is -0.152. The number of rotatable bonds is 6. The molecular weight excluding hydrogens is 286 g/mol. The van der Waals surface area contributed by atoms with E-state index in [4.69, 9.17) is 4.74 Å². The van der Waals surface area contributed by atoms with Crippen LogP contribution in [0.4, 0.5) is 0 Å². The van der Waals surface area contributed by atoms with E-state index in [-0.39, 0.29) is 30.5 Å². The molecule has 0 saturated carbocycles. The highest BCUT2D eigenvalue weighted by Gasteiger charge is 2.46. The van der Waals surface area contributed by atoms with Gasteiger partial charge in [-0.2, -0.15) is 0 Å². The molecule has 1 fully saturated rings. The number of aliphatic hydroxyl groups is 1. The van der Waals surface area contributed by atoms with Crippen molar-refractivity contribution in [2.45, 2.75) is 70.6 Å². The van der Waals surface area contributed by atoms with Crippen molar-refractivity contribution in [1.29, 1.82) is 0 Å². The summed E-state index contributed by atoms with van der Waals surface area (Å²) >= 11 is 0. The molecule has 6 nitrogen and oxygen atoms in total. The molecule has 0 aliphatic carbocycles. The van der Waals surface area contributed by atoms with Crippen LogP contribution in [0.3, 0.4) is 0 Å². The Hall–Kier alpha value is -1.14. The smallest absolute Gasteiger partial charge is 0.306 e. The number of likely N-dealkylation sites (tertiary alicyclic amines) is 1. The third kappa shape index (κ3) is 4.68. The number of carbonyl (C=O) groups is 2. The second-order valence-electron chi connectivity index (χ2n) is 6.97. The van der Waals surface area contributed by atoms with E-state index in [0.29, 0.717) is 6.54 Å². The largest absolute Gasteiger partial charge is 0.469 e. The van der Waals surface area contributed by atoms with Gasteiger partial charge in [-0.15, -0.1) is 0 Å². The standard InChI is InChI=1S/C16H29NO5/c1-15(2)9-8-12(18)16(3,4)17(15)10-11-22-14(20)7-6-13(19)21-5/h12,18H,6-11H2,1-5H3. The number of nitrogens with zero attached hydrogens (tertiary/aromatic N) is 1. The molecule has 128 valence electrons. The zero-order chi connectivity index (χ0) is 17.0. The Morgan fingerprint density at radius 3 is 2.36 bits per heavy atom. The lowest BCUT2D eigenvalue weighted by Gasteiger charge is -2.55. The predicted molar refractivity (Wildman–Crippen MR) is 82.3 cm³/mol. The average molecular weight is 315 g/mol. The Kier molecular flexibility index (Phi) is 6.38. The van der Waals surface area contributed by atoms with Gasteiger partial charge in [0.25, 0.3) is 0 Å². The first kappa shape index (κ1) is 18.9. The Morgan fingerprint density at radius 1 is 1.18 bits per heavy atom. The van der Waals surface area contributed by atoms with Gasteiger partial charge in [0.05, 0.1) is 26.1 Å². The van der Waals surface area contributed by atoms with Gasteiger partial charge in [0.1, 0.15) is 6.61 Å². The summed E-state index contributed by atoms with van der Waals surface area (Å²) in [5.74, 6) is -0.822. The van der Waals surface area contributed by atoms with Gasteiger partial charge >= 0.3 is 11.9 Å². The van der Waals surface area contributed by atoms with Crippen LogP contribution >= 0.6 is 0 Å². The van der Waals surface area contributed by atoms with Crippen LogP contribution in [0.5, 0.6) is 0 Å². The molecule has 1 heterocycles. The summed E-state index contributed by atoms with van der Waals surface area (Å²) in [5, 5.41) is 10.2. The summed E-state index contributed by atoms with van der Waals surface area (Å²) < 4.78 is 9.68. The number of esters is 2. The zero-order valence-corrected chi connectivity index (χ0v) is 14.3. The number of ether oxygens (including phenoxy) is 2. The lowest BCUT2D eigenvalue weighted by Crippen LogP contribution is -2.65. The maximum absolute atomic E-state index is 11.6. The number of hydrogen-bond acceptors (Lipinski definition) is 6. The third-order valence-corrected chi connectivity index (χ3v) is 4.61. The van der Waals surface area contributed by atoms with Gasteiger partial charge in [0.15, 0.2) is 0 Å². The molecule has 1 saturated heterocycles. The highest BCUT2D eigenvalue weighted by molar-refractivity contribution is 5.77. The van der Waals surface area contributed by atoms with Crippen molar-refractivity contribution < 1.29 is 24.2 Å². The molecule has 0 radical (unpaired) electrons. The Morgan fingerprint density at radius 2 is 1.77 bits per heavy atom. The average Bonchev–Trinajstić information content (AvgIpc) is 2.44. The first-order chi connectivity index (χ1) is 10.1. The van der Waals surface area contributed by atoms with Gasteiger partial charge in [0, 0.05) is 17.6 Å². The molecule has 1 atom stereocenters. The maximum Gasteiger partial charge on any atom is 0.306 e. The number of carbonyl (C=O) groups excluding carboxylic acids is 2. The van der Waals surface area contributed by atoms with Gasteiger partial charge in [0.2, 0.25) is 0 Å². The summed E-state index contributed by atoms with van der Waals surface area (Å²) in [4.78, 5) is 24.8. The van der Waals surface area contributed by atoms with E-state index in [0.717, 1.165) is 12.8 Å². The van der Waals surface area contributed by atoms with Crippen molar-refractivity contribution in [3.63, 3.8) is 0 Å². The fourth-order valence-electron chi connectivity index (χ4n) is 3.16. The second-order valence-corrected chi connectivity index (χ2v) is 6.97. The van der Waals surface area contributed by atoms with E-state index in [1.54, 1.807) is 0 Å². The molecule has 0 spiro atoms. The summed E-state index contributed by atoms with van der Waals surface area (Å²) in [6.07, 6.45) is 1.34. The fourth-order valence-corrected chi connectivity index (χ4v) is 3.16. The van der Waals surface area contributed by atoms with Crippen LogP contribution in [0.15, 0.2) is 0 Å². The maximum atomic E-state index is 11.6. The summed E-state index contributed by atoms with van der Waals surface area (Å²) in [5.41, 5.74) is -0.415. The van der Waals surface area contributed by atoms with Crippen LogP contribution in [0.1, 0.15) is 53.4 Å². The molecule has 1 N–H and O–H groups in total. The van der Waals surface area contributed by atoms with Gasteiger partial charge in [-0.05, 0) is 40.5 Å². The highest BCUT2D eigenvalue weighted by atomic mass is 16.5. The molecule has 0 amide bonds. The van der Waals surface area contributed by atoms with Crippen LogP contribution in [0, 0.1) is 0 Å². The summed E-state index contributed by atoms with van der Waals surface area (Å²) in [6, 6.07) is 0. The fraction of sp³-hybridized carbons (Fsp3) is 0.875. The van der Waals surface area contributed by atoms with Crippen molar-refractivity contribution in [1.82, 2.24) is 4.90 Å². The van der Waals surface area contributed by atoms with Crippen LogP contribution in [-0.2, 0) is 19.1 Å². The minimum absolute atomic E-state index is 0.0298. The minimum Gasteiger partial charge on any atom is -0.469 e. The van der Waals surface area contributed by atoms with E-state index >= 15 is 0 Å². The van der Waals surface area contributed by atoms with Crippen LogP contribution in [0.2, 0.25) is 0 Å². The van der Waals surface area contributed by atoms with Crippen molar-refractivity contribution >= 4 is 11.9 Å². The van der Waals surface area contributed by atoms with E-state index in [9.17, 15) is 14.7 Å². The highest BCUT2D eigenvalue weighted by Crippen LogP contribution is 2.37. The van der Waals surface area contributed by atoms with E-state index in [1.165, 1.54) is 7.11 Å². The Bertz CT molecular complexity index is 405. The molecular formula is C16H29NO5. The van der Waals surface area contributed by atoms with Gasteiger partial charge < -0.3 is 14.6 Å². The SMILES string of the molecule is COC(=O)CCC(=O)OCCN1C(C)(C)CCC(O)C1(C)C. The molecule has 1 aliphatic heterocycles. The molecule has 22 heavy (non-hydrogen) atoms. The van der Waals surface area contributed by atoms with Gasteiger partial charge in [-0.3, -0.25) is 14.5 Å². The first-order valence-corrected chi connectivity index (χ1v) is 7.79. The van der Waals surface area contributed by atoms with Gasteiger partial charge in [-0.25, -0.2) is 0 Å². The first-order valence-electron chi connectivity index (χ1n) is 7.79. The molecule has 0 aromatic carbocycles. The number of aliphatic hydroxyl groups excluding tert-OH is 1. The van der Waals surface area contributed by atoms with Crippen molar-refractivity contribution in [3.05, 3.63) is 0 Å². The third-order valence-electron chi connectivity index (χ3n) is 4.61. The summed E-state index contributed by atoms with van der Waals surface area (Å²) in [6.45, 7) is 9.11. The molecule has 1 rings (SSSR count). The van der Waals surface area contributed by atoms with E-state index in [1.807, 2.05) is 13.8 Å². The van der Waals surface area contributed by atoms with Crippen molar-refractivity contribution in [3.8, 4) is 0 Å². The molecule has 1 aliphatic rings. The quantitative estimate of drug-likeness (QED) is 0.749. The molecule has 1 unspecified atom stereocenters. The van der Waals surface area contributed by atoms with E-state index < -0.39 is 18.0 Å². The van der Waals surface area contributed by atoms with Gasteiger partial charge in [-0.1, -0.05) is 0 Å². The van der Waals surface area contributed by atoms with Crippen LogP contribution in [0.25, 0.3) is 0 Å². The number of hydrogen-bond donors (Lipinski definition) is 1. The topological polar surface area (TPSA) is 76.1 Å². The molecule has 0 aromatic heterocycles. The van der Waals surface area contributed by atoms with Crippen LogP contribution < -0.4 is 0 Å². The normalized spacial score (nSPS) is 23.8. The summed E-state index contributed by atoms with van der Waals surface area (Å²) in [7, 11) is 1.29. The molecule has 0 bridgehead atoms. The van der Waals surface area contributed by atoms with E-state index in [2.05, 4.69) is 23.5 Å². The lowest BCUT2D eigenvalue weighted by atomic mass is 9.78. The number of piperidine rings is 1. The van der Waals surface area contributed by atoms with Crippen LogP contribution in [-0.4, -0.2) is 59.4 Å². The Balaban J connectivity index is 2.47.